The van der Waals surface area contributed by atoms with E-state index in [1.807, 2.05) is 6.92 Å². The van der Waals surface area contributed by atoms with Gasteiger partial charge < -0.3 is 5.32 Å². The number of pyridine rings is 1. The lowest BCUT2D eigenvalue weighted by atomic mass is 10.1. The third-order valence-corrected chi connectivity index (χ3v) is 2.53. The number of nitrogens with one attached hydrogen (secondary N) is 1. The number of carbonyl (C=O) groups is 1. The number of nitrogens with zero attached hydrogens (tertiary/aromatic N) is 2. The minimum atomic E-state index is -1.25. The first-order chi connectivity index (χ1) is 9.51. The van der Waals surface area contributed by atoms with Gasteiger partial charge in [-0.1, -0.05) is 6.07 Å². The molecule has 0 fully saturated rings. The minimum absolute atomic E-state index is 0.224. The zero-order chi connectivity index (χ0) is 14.7. The molecule has 0 aliphatic heterocycles. The molecular formula is C13H9F2N3O2. The zero-order valence-corrected chi connectivity index (χ0v) is 10.4. The Kier molecular flexibility index (Phi) is 3.79. The van der Waals surface area contributed by atoms with Gasteiger partial charge in [-0.25, -0.2) is 13.8 Å². The Labute approximate surface area is 112 Å². The van der Waals surface area contributed by atoms with E-state index in [-0.39, 0.29) is 11.4 Å². The lowest BCUT2D eigenvalue weighted by Crippen LogP contribution is -2.13. The lowest BCUT2D eigenvalue weighted by molar-refractivity contribution is 0.102. The maximum absolute atomic E-state index is 13.1. The summed E-state index contributed by atoms with van der Waals surface area (Å²) < 4.78 is 26.1. The molecule has 0 bridgehead atoms. The van der Waals surface area contributed by atoms with Crippen molar-refractivity contribution < 1.29 is 13.6 Å². The molecule has 0 spiro atoms. The van der Waals surface area contributed by atoms with Crippen molar-refractivity contribution in [3.8, 4) is 0 Å². The van der Waals surface area contributed by atoms with Crippen molar-refractivity contribution in [2.24, 2.45) is 5.18 Å². The third kappa shape index (κ3) is 2.82. The van der Waals surface area contributed by atoms with Crippen LogP contribution in [-0.2, 0) is 0 Å². The van der Waals surface area contributed by atoms with E-state index in [1.165, 1.54) is 6.20 Å². The number of rotatable bonds is 3. The fraction of sp³-hybridized carbons (Fsp3) is 0.0769. The van der Waals surface area contributed by atoms with E-state index < -0.39 is 23.2 Å². The summed E-state index contributed by atoms with van der Waals surface area (Å²) in [6.07, 6.45) is 1.53. The molecular weight excluding hydrogens is 268 g/mol. The number of hydrogen-bond acceptors (Lipinski definition) is 4. The van der Waals surface area contributed by atoms with Crippen molar-refractivity contribution >= 4 is 17.4 Å². The maximum Gasteiger partial charge on any atom is 0.259 e. The van der Waals surface area contributed by atoms with Crippen LogP contribution in [-0.4, -0.2) is 10.9 Å². The van der Waals surface area contributed by atoms with Crippen LogP contribution in [0.3, 0.4) is 0 Å². The Bertz CT molecular complexity index is 672. The van der Waals surface area contributed by atoms with Crippen LogP contribution in [0.1, 0.15) is 15.9 Å². The second kappa shape index (κ2) is 5.52. The number of aromatic nitrogens is 1. The van der Waals surface area contributed by atoms with Crippen molar-refractivity contribution in [3.63, 3.8) is 0 Å². The molecule has 0 saturated heterocycles. The van der Waals surface area contributed by atoms with Crippen molar-refractivity contribution in [2.75, 3.05) is 5.32 Å². The van der Waals surface area contributed by atoms with E-state index in [9.17, 15) is 18.5 Å². The smallest absolute Gasteiger partial charge is 0.259 e. The van der Waals surface area contributed by atoms with Gasteiger partial charge in [0.1, 0.15) is 11.5 Å². The van der Waals surface area contributed by atoms with E-state index in [2.05, 4.69) is 15.5 Å². The highest BCUT2D eigenvalue weighted by Gasteiger charge is 2.17. The van der Waals surface area contributed by atoms with Gasteiger partial charge in [-0.15, -0.1) is 4.91 Å². The van der Waals surface area contributed by atoms with Crippen LogP contribution < -0.4 is 5.32 Å². The summed E-state index contributed by atoms with van der Waals surface area (Å²) in [7, 11) is 0. The molecule has 20 heavy (non-hydrogen) atoms. The molecule has 0 aliphatic carbocycles. The van der Waals surface area contributed by atoms with Gasteiger partial charge >= 0.3 is 0 Å². The van der Waals surface area contributed by atoms with E-state index in [4.69, 9.17) is 0 Å². The molecule has 1 heterocycles. The highest BCUT2D eigenvalue weighted by atomic mass is 19.2. The molecule has 0 radical (unpaired) electrons. The standard InChI is InChI=1S/C13H9F2N3O2/c1-7-2-3-12(16-6-7)17-13(19)8-4-9(14)10(15)5-11(8)18-20/h2-6H,1H3,(H,16,17,19). The van der Waals surface area contributed by atoms with Gasteiger partial charge in [-0.3, -0.25) is 4.79 Å². The molecule has 102 valence electrons. The second-order valence-corrected chi connectivity index (χ2v) is 4.05. The Morgan fingerprint density at radius 3 is 2.55 bits per heavy atom. The average Bonchev–Trinajstić information content (AvgIpc) is 2.43. The van der Waals surface area contributed by atoms with E-state index in [0.29, 0.717) is 12.1 Å². The van der Waals surface area contributed by atoms with Crippen LogP contribution >= 0.6 is 0 Å². The first kappa shape index (κ1) is 13.7. The summed E-state index contributed by atoms with van der Waals surface area (Å²) in [5.74, 6) is -3.05. The Morgan fingerprint density at radius 1 is 1.25 bits per heavy atom. The number of anilines is 1. The first-order valence-electron chi connectivity index (χ1n) is 5.57. The maximum atomic E-state index is 13.1. The number of amides is 1. The summed E-state index contributed by atoms with van der Waals surface area (Å²) in [5.41, 5.74) is 0.0564. The van der Waals surface area contributed by atoms with Gasteiger partial charge in [0.05, 0.1) is 5.56 Å². The second-order valence-electron chi connectivity index (χ2n) is 4.05. The third-order valence-electron chi connectivity index (χ3n) is 2.53. The highest BCUT2D eigenvalue weighted by Crippen LogP contribution is 2.23. The summed E-state index contributed by atoms with van der Waals surface area (Å²) in [4.78, 5) is 26.4. The summed E-state index contributed by atoms with van der Waals surface area (Å²) in [5, 5.41) is 4.88. The topological polar surface area (TPSA) is 71.4 Å². The number of benzene rings is 1. The fourth-order valence-corrected chi connectivity index (χ4v) is 1.52. The molecule has 5 nitrogen and oxygen atoms in total. The Morgan fingerprint density at radius 2 is 1.95 bits per heavy atom. The van der Waals surface area contributed by atoms with Crippen molar-refractivity contribution in [2.45, 2.75) is 6.92 Å². The van der Waals surface area contributed by atoms with Gasteiger partial charge in [0.25, 0.3) is 5.91 Å². The first-order valence-corrected chi connectivity index (χ1v) is 5.57. The predicted molar refractivity (Wildman–Crippen MR) is 68.7 cm³/mol. The molecule has 0 aliphatic rings. The zero-order valence-electron chi connectivity index (χ0n) is 10.4. The molecule has 1 amide bonds. The normalized spacial score (nSPS) is 10.2. The van der Waals surface area contributed by atoms with Crippen LogP contribution in [0.15, 0.2) is 35.6 Å². The molecule has 7 heteroatoms. The molecule has 2 aromatic rings. The van der Waals surface area contributed by atoms with E-state index in [1.54, 1.807) is 12.1 Å². The van der Waals surface area contributed by atoms with Gasteiger partial charge in [0.15, 0.2) is 11.6 Å². The lowest BCUT2D eigenvalue weighted by Gasteiger charge is -2.06. The summed E-state index contributed by atoms with van der Waals surface area (Å²) in [6, 6.07) is 4.45. The van der Waals surface area contributed by atoms with Gasteiger partial charge in [-0.05, 0) is 29.8 Å². The molecule has 0 saturated carbocycles. The molecule has 0 atom stereocenters. The van der Waals surface area contributed by atoms with E-state index >= 15 is 0 Å². The number of nitroso groups, excluding NO2 is 1. The predicted octanol–water partition coefficient (Wildman–Crippen LogP) is 3.32. The molecule has 1 aromatic heterocycles. The Hall–Kier alpha value is -2.70. The number of hydrogen-bond donors (Lipinski definition) is 1. The van der Waals surface area contributed by atoms with Crippen molar-refractivity contribution in [1.82, 2.24) is 4.98 Å². The number of carbonyl (C=O) groups excluding carboxylic acids is 1. The van der Waals surface area contributed by atoms with Crippen molar-refractivity contribution in [3.05, 3.63) is 58.1 Å². The van der Waals surface area contributed by atoms with E-state index in [0.717, 1.165) is 5.56 Å². The fourth-order valence-electron chi connectivity index (χ4n) is 1.52. The molecule has 2 rings (SSSR count). The SMILES string of the molecule is Cc1ccc(NC(=O)c2cc(F)c(F)cc2N=O)nc1. The van der Waals surface area contributed by atoms with Crippen LogP contribution in [0.2, 0.25) is 0 Å². The summed E-state index contributed by atoms with van der Waals surface area (Å²) >= 11 is 0. The van der Waals surface area contributed by atoms with Crippen LogP contribution in [0.25, 0.3) is 0 Å². The summed E-state index contributed by atoms with van der Waals surface area (Å²) in [6.45, 7) is 1.82. The largest absolute Gasteiger partial charge is 0.306 e. The molecule has 0 unspecified atom stereocenters. The minimum Gasteiger partial charge on any atom is -0.306 e. The number of halogens is 2. The van der Waals surface area contributed by atoms with Crippen LogP contribution in [0, 0.1) is 23.5 Å². The van der Waals surface area contributed by atoms with Gasteiger partial charge in [0.2, 0.25) is 0 Å². The highest BCUT2D eigenvalue weighted by molar-refractivity contribution is 6.07. The van der Waals surface area contributed by atoms with Gasteiger partial charge in [0, 0.05) is 12.3 Å². The van der Waals surface area contributed by atoms with Crippen LogP contribution in [0.4, 0.5) is 20.3 Å². The van der Waals surface area contributed by atoms with Gasteiger partial charge in [-0.2, -0.15) is 0 Å². The average molecular weight is 277 g/mol. The number of aryl methyl sites for hydroxylation is 1. The molecule has 1 N–H and O–H groups in total. The quantitative estimate of drug-likeness (QED) is 0.875. The molecule has 1 aromatic carbocycles. The monoisotopic (exact) mass is 277 g/mol. The van der Waals surface area contributed by atoms with Crippen LogP contribution in [0.5, 0.6) is 0 Å². The van der Waals surface area contributed by atoms with Crippen molar-refractivity contribution in [1.29, 1.82) is 0 Å². The Balaban J connectivity index is 2.31.